The number of aromatic amines is 1. The molecule has 1 aromatic heterocycles. The number of benzene rings is 1. The summed E-state index contributed by atoms with van der Waals surface area (Å²) in [5.74, 6) is 0.0618. The van der Waals surface area contributed by atoms with E-state index < -0.39 is 5.97 Å². The minimum absolute atomic E-state index is 0.0577. The molecule has 0 radical (unpaired) electrons. The number of thioether (sulfide) groups is 1. The number of carbonyl (C=O) groups excluding carboxylic acids is 1. The molecule has 0 amide bonds. The predicted molar refractivity (Wildman–Crippen MR) is 89.1 cm³/mol. The number of carbonyl (C=O) groups is 1. The van der Waals surface area contributed by atoms with Gasteiger partial charge in [-0.05, 0) is 49.4 Å². The summed E-state index contributed by atoms with van der Waals surface area (Å²) in [6.45, 7) is 3.96. The van der Waals surface area contributed by atoms with E-state index in [1.54, 1.807) is 19.1 Å². The van der Waals surface area contributed by atoms with Gasteiger partial charge in [0.05, 0.1) is 24.7 Å². The fourth-order valence-electron chi connectivity index (χ4n) is 1.88. The van der Waals surface area contributed by atoms with Crippen LogP contribution in [0.3, 0.4) is 0 Å². The first kappa shape index (κ1) is 18.2. The summed E-state index contributed by atoms with van der Waals surface area (Å²) in [4.78, 5) is 15.4. The molecule has 128 valence electrons. The molecule has 0 bridgehead atoms. The number of methoxy groups -OCH3 is 1. The number of aliphatic carboxylic acids is 1. The maximum atomic E-state index is 11.4. The molecule has 0 saturated carbocycles. The molecule has 0 spiro atoms. The first-order valence-electron chi connectivity index (χ1n) is 6.94. The van der Waals surface area contributed by atoms with Gasteiger partial charge in [0.25, 0.3) is 0 Å². The van der Waals surface area contributed by atoms with Crippen molar-refractivity contribution in [3.05, 3.63) is 33.4 Å². The van der Waals surface area contributed by atoms with Crippen LogP contribution in [0.1, 0.15) is 18.3 Å². The monoisotopic (exact) mass is 368 g/mol. The highest BCUT2D eigenvalue weighted by atomic mass is 35.5. The first-order chi connectivity index (χ1) is 11.4. The van der Waals surface area contributed by atoms with E-state index in [2.05, 4.69) is 15.2 Å². The Morgan fingerprint density at radius 2 is 2.25 bits per heavy atom. The highest BCUT2D eigenvalue weighted by molar-refractivity contribution is 8.04. The molecule has 0 atom stereocenters. The lowest BCUT2D eigenvalue weighted by Crippen LogP contribution is -2.23. The molecule has 1 aromatic carbocycles. The standard InChI is InChI=1S/C15H16ClN3O4S/c1-4-23-11-6-9(5-10(16)13(11)22-3)7-12(14(20)21)24-15-17-8(2)18-19-15/h5-7H,4H2,1-3H3,(H,20,21)(H,17,18,19)/p-1/b12-7-. The minimum Gasteiger partial charge on any atom is -0.544 e. The van der Waals surface area contributed by atoms with E-state index in [0.29, 0.717) is 34.5 Å². The molecule has 1 N–H and O–H groups in total. The van der Waals surface area contributed by atoms with E-state index in [0.717, 1.165) is 11.8 Å². The van der Waals surface area contributed by atoms with Gasteiger partial charge in [-0.15, -0.1) is 5.10 Å². The summed E-state index contributed by atoms with van der Waals surface area (Å²) in [6.07, 6.45) is 1.42. The van der Waals surface area contributed by atoms with Gasteiger partial charge in [-0.1, -0.05) is 11.6 Å². The Kier molecular flexibility index (Phi) is 6.10. The van der Waals surface area contributed by atoms with Crippen LogP contribution < -0.4 is 14.6 Å². The van der Waals surface area contributed by atoms with Gasteiger partial charge in [-0.3, -0.25) is 5.10 Å². The van der Waals surface area contributed by atoms with E-state index in [9.17, 15) is 9.90 Å². The molecular weight excluding hydrogens is 354 g/mol. The Labute approximate surface area is 148 Å². The van der Waals surface area contributed by atoms with Gasteiger partial charge in [0.1, 0.15) is 5.82 Å². The second-order valence-electron chi connectivity index (χ2n) is 4.57. The molecular formula is C15H15ClN3O4S-. The molecule has 0 saturated heterocycles. The lowest BCUT2D eigenvalue weighted by Gasteiger charge is -2.12. The highest BCUT2D eigenvalue weighted by Crippen LogP contribution is 2.37. The molecule has 2 rings (SSSR count). The highest BCUT2D eigenvalue weighted by Gasteiger charge is 2.12. The van der Waals surface area contributed by atoms with Crippen molar-refractivity contribution in [3.63, 3.8) is 0 Å². The van der Waals surface area contributed by atoms with Crippen molar-refractivity contribution in [1.29, 1.82) is 0 Å². The Morgan fingerprint density at radius 1 is 1.50 bits per heavy atom. The molecule has 0 unspecified atom stereocenters. The zero-order valence-electron chi connectivity index (χ0n) is 13.3. The van der Waals surface area contributed by atoms with Gasteiger partial charge in [0.2, 0.25) is 5.16 Å². The number of aryl methyl sites for hydroxylation is 1. The number of carboxylic acid groups (broad SMARTS) is 1. The fourth-order valence-corrected chi connectivity index (χ4v) is 2.93. The number of hydrogen-bond donors (Lipinski definition) is 1. The van der Waals surface area contributed by atoms with Crippen LogP contribution in [0.4, 0.5) is 0 Å². The third-order valence-electron chi connectivity index (χ3n) is 2.81. The number of ether oxygens (including phenoxy) is 2. The largest absolute Gasteiger partial charge is 0.544 e. The first-order valence-corrected chi connectivity index (χ1v) is 8.14. The normalized spacial score (nSPS) is 11.4. The summed E-state index contributed by atoms with van der Waals surface area (Å²) in [5, 5.41) is 18.5. The van der Waals surface area contributed by atoms with Crippen LogP contribution in [-0.2, 0) is 4.79 Å². The van der Waals surface area contributed by atoms with Crippen molar-refractivity contribution in [1.82, 2.24) is 15.2 Å². The summed E-state index contributed by atoms with van der Waals surface area (Å²) < 4.78 is 10.7. The van der Waals surface area contributed by atoms with Gasteiger partial charge in [-0.2, -0.15) is 0 Å². The van der Waals surface area contributed by atoms with E-state index >= 15 is 0 Å². The second-order valence-corrected chi connectivity index (χ2v) is 5.98. The van der Waals surface area contributed by atoms with Crippen molar-refractivity contribution in [3.8, 4) is 11.5 Å². The second kappa shape index (κ2) is 8.07. The number of nitrogens with zero attached hydrogens (tertiary/aromatic N) is 2. The molecule has 24 heavy (non-hydrogen) atoms. The lowest BCUT2D eigenvalue weighted by atomic mass is 10.2. The van der Waals surface area contributed by atoms with Gasteiger partial charge < -0.3 is 19.4 Å². The third-order valence-corrected chi connectivity index (χ3v) is 3.96. The number of hydrogen-bond acceptors (Lipinski definition) is 7. The summed E-state index contributed by atoms with van der Waals surface area (Å²) in [5.41, 5.74) is 0.531. The van der Waals surface area contributed by atoms with Gasteiger partial charge >= 0.3 is 0 Å². The summed E-state index contributed by atoms with van der Waals surface area (Å²) in [6, 6.07) is 3.22. The van der Waals surface area contributed by atoms with Crippen LogP contribution >= 0.6 is 23.4 Å². The van der Waals surface area contributed by atoms with Gasteiger partial charge in [-0.25, -0.2) is 4.98 Å². The van der Waals surface area contributed by atoms with Crippen LogP contribution in [0.5, 0.6) is 11.5 Å². The Morgan fingerprint density at radius 3 is 2.79 bits per heavy atom. The molecule has 0 fully saturated rings. The third kappa shape index (κ3) is 4.42. The van der Waals surface area contributed by atoms with Crippen LogP contribution in [0.2, 0.25) is 5.02 Å². The number of nitrogens with one attached hydrogen (secondary N) is 1. The van der Waals surface area contributed by atoms with E-state index in [1.165, 1.54) is 13.2 Å². The van der Waals surface area contributed by atoms with Crippen LogP contribution in [0.15, 0.2) is 22.2 Å². The maximum Gasteiger partial charge on any atom is 0.213 e. The van der Waals surface area contributed by atoms with Crippen molar-refractivity contribution in [2.24, 2.45) is 0 Å². The predicted octanol–water partition coefficient (Wildman–Crippen LogP) is 2.06. The van der Waals surface area contributed by atoms with Gasteiger partial charge in [0.15, 0.2) is 11.5 Å². The fraction of sp³-hybridized carbons (Fsp3) is 0.267. The van der Waals surface area contributed by atoms with Gasteiger partial charge in [0, 0.05) is 4.91 Å². The van der Waals surface area contributed by atoms with E-state index in [1.807, 2.05) is 6.92 Å². The molecule has 0 aliphatic carbocycles. The SMILES string of the molecule is CCOc1cc(/C=C(\Sc2n[nH]c(C)n2)C(=O)[O-])cc(Cl)c1OC. The summed E-state index contributed by atoms with van der Waals surface area (Å²) >= 11 is 7.04. The molecule has 0 aliphatic rings. The number of rotatable bonds is 7. The quantitative estimate of drug-likeness (QED) is 0.589. The van der Waals surface area contributed by atoms with Crippen molar-refractivity contribution < 1.29 is 19.4 Å². The Balaban J connectivity index is 2.39. The average molecular weight is 369 g/mol. The Bertz CT molecular complexity index is 776. The molecule has 0 aliphatic heterocycles. The topological polar surface area (TPSA) is 100 Å². The number of carboxylic acids is 1. The number of aromatic nitrogens is 3. The van der Waals surface area contributed by atoms with Crippen molar-refractivity contribution >= 4 is 35.4 Å². The summed E-state index contributed by atoms with van der Waals surface area (Å²) in [7, 11) is 1.48. The lowest BCUT2D eigenvalue weighted by molar-refractivity contribution is -0.297. The van der Waals surface area contributed by atoms with Crippen LogP contribution in [-0.4, -0.2) is 34.9 Å². The number of halogens is 1. The van der Waals surface area contributed by atoms with E-state index in [-0.39, 0.29) is 10.1 Å². The molecule has 7 nitrogen and oxygen atoms in total. The number of H-pyrrole nitrogens is 1. The van der Waals surface area contributed by atoms with Crippen molar-refractivity contribution in [2.75, 3.05) is 13.7 Å². The minimum atomic E-state index is -1.34. The van der Waals surface area contributed by atoms with Crippen LogP contribution in [0.25, 0.3) is 6.08 Å². The van der Waals surface area contributed by atoms with Crippen molar-refractivity contribution in [2.45, 2.75) is 19.0 Å². The molecule has 1 heterocycles. The zero-order valence-corrected chi connectivity index (χ0v) is 14.8. The zero-order chi connectivity index (χ0) is 17.7. The Hall–Kier alpha value is -2.19. The smallest absolute Gasteiger partial charge is 0.213 e. The molecule has 2 aromatic rings. The van der Waals surface area contributed by atoms with Crippen LogP contribution in [0, 0.1) is 6.92 Å². The molecule has 9 heteroatoms. The average Bonchev–Trinajstić information content (AvgIpc) is 2.92. The maximum absolute atomic E-state index is 11.4. The van der Waals surface area contributed by atoms with E-state index in [4.69, 9.17) is 21.1 Å².